The van der Waals surface area contributed by atoms with Crippen LogP contribution >= 0.6 is 0 Å². The quantitative estimate of drug-likeness (QED) is 0.714. The Morgan fingerprint density at radius 2 is 2.00 bits per heavy atom. The van der Waals surface area contributed by atoms with Gasteiger partial charge in [0.05, 0.1) is 0 Å². The van der Waals surface area contributed by atoms with Gasteiger partial charge in [-0.3, -0.25) is 0 Å². The van der Waals surface area contributed by atoms with E-state index in [4.69, 9.17) is 0 Å². The Kier molecular flexibility index (Phi) is 2.54. The monoisotopic (exact) mass is 213 g/mol. The maximum absolute atomic E-state index is 12.9. The minimum atomic E-state index is -2.50. The molecule has 1 aliphatic rings. The first-order valence-corrected chi connectivity index (χ1v) is 4.99. The summed E-state index contributed by atoms with van der Waals surface area (Å²) in [5.74, 6) is -1.08. The molecule has 1 saturated heterocycles. The van der Waals surface area contributed by atoms with Gasteiger partial charge in [-0.1, -0.05) is 0 Å². The first-order chi connectivity index (χ1) is 7.07. The molecule has 0 N–H and O–H groups in total. The van der Waals surface area contributed by atoms with Gasteiger partial charge in [-0.05, 0) is 13.0 Å². The molecule has 5 heteroatoms. The average Bonchev–Trinajstić information content (AvgIpc) is 2.17. The molecule has 0 amide bonds. The van der Waals surface area contributed by atoms with E-state index in [1.54, 1.807) is 19.2 Å². The molecule has 0 radical (unpaired) electrons. The number of aromatic nitrogens is 2. The Balaban J connectivity index is 2.08. The van der Waals surface area contributed by atoms with Crippen LogP contribution in [-0.4, -0.2) is 29.0 Å². The van der Waals surface area contributed by atoms with Gasteiger partial charge in [0.15, 0.2) is 0 Å². The van der Waals surface area contributed by atoms with Gasteiger partial charge in [-0.15, -0.1) is 0 Å². The Labute approximate surface area is 87.1 Å². The Morgan fingerprint density at radius 1 is 1.33 bits per heavy atom. The summed E-state index contributed by atoms with van der Waals surface area (Å²) in [6.07, 6.45) is 1.48. The molecule has 0 spiro atoms. The maximum Gasteiger partial charge on any atom is 0.251 e. The lowest BCUT2D eigenvalue weighted by Gasteiger charge is -2.32. The molecule has 0 aliphatic carbocycles. The van der Waals surface area contributed by atoms with Crippen molar-refractivity contribution < 1.29 is 8.78 Å². The second-order valence-corrected chi connectivity index (χ2v) is 3.81. The van der Waals surface area contributed by atoms with E-state index in [2.05, 4.69) is 9.97 Å². The van der Waals surface area contributed by atoms with E-state index >= 15 is 0 Å². The van der Waals surface area contributed by atoms with Gasteiger partial charge >= 0.3 is 0 Å². The topological polar surface area (TPSA) is 29.0 Å². The summed E-state index contributed by atoms with van der Waals surface area (Å²) < 4.78 is 25.8. The molecule has 1 fully saturated rings. The van der Waals surface area contributed by atoms with Crippen LogP contribution in [-0.2, 0) is 0 Å². The standard InChI is InChI=1S/C10H13F2N3/c1-8-13-5-2-9(14-8)15-6-3-10(11,12)4-7-15/h2,5H,3-4,6-7H2,1H3. The van der Waals surface area contributed by atoms with Crippen molar-refractivity contribution in [2.75, 3.05) is 18.0 Å². The van der Waals surface area contributed by atoms with Gasteiger partial charge in [0.2, 0.25) is 0 Å². The second kappa shape index (κ2) is 3.72. The molecule has 2 heterocycles. The highest BCUT2D eigenvalue weighted by Gasteiger charge is 2.34. The molecular weight excluding hydrogens is 200 g/mol. The number of rotatable bonds is 1. The van der Waals surface area contributed by atoms with Crippen molar-refractivity contribution >= 4 is 5.82 Å². The molecule has 1 aliphatic heterocycles. The van der Waals surface area contributed by atoms with E-state index in [0.717, 1.165) is 5.82 Å². The fourth-order valence-corrected chi connectivity index (χ4v) is 1.68. The Hall–Kier alpha value is -1.26. The van der Waals surface area contributed by atoms with Crippen molar-refractivity contribution in [1.82, 2.24) is 9.97 Å². The first kappa shape index (κ1) is 10.3. The number of nitrogens with zero attached hydrogens (tertiary/aromatic N) is 3. The zero-order valence-corrected chi connectivity index (χ0v) is 8.58. The van der Waals surface area contributed by atoms with E-state index in [-0.39, 0.29) is 12.8 Å². The summed E-state index contributed by atoms with van der Waals surface area (Å²) in [6, 6.07) is 1.76. The van der Waals surface area contributed by atoms with Gasteiger partial charge in [-0.2, -0.15) is 0 Å². The Morgan fingerprint density at radius 3 is 2.60 bits per heavy atom. The highest BCUT2D eigenvalue weighted by atomic mass is 19.3. The fraction of sp³-hybridized carbons (Fsp3) is 0.600. The van der Waals surface area contributed by atoms with Gasteiger partial charge < -0.3 is 4.90 Å². The van der Waals surface area contributed by atoms with E-state index in [1.807, 2.05) is 4.90 Å². The molecule has 3 nitrogen and oxygen atoms in total. The van der Waals surface area contributed by atoms with Crippen LogP contribution in [0.1, 0.15) is 18.7 Å². The van der Waals surface area contributed by atoms with Crippen molar-refractivity contribution in [3.05, 3.63) is 18.1 Å². The average molecular weight is 213 g/mol. The summed E-state index contributed by atoms with van der Waals surface area (Å²) >= 11 is 0. The van der Waals surface area contributed by atoms with Gasteiger partial charge in [0.1, 0.15) is 11.6 Å². The lowest BCUT2D eigenvalue weighted by Crippen LogP contribution is -2.39. The SMILES string of the molecule is Cc1nccc(N2CCC(F)(F)CC2)n1. The molecule has 1 aromatic rings. The number of piperidine rings is 1. The van der Waals surface area contributed by atoms with Crippen molar-refractivity contribution in [3.63, 3.8) is 0 Å². The van der Waals surface area contributed by atoms with Gasteiger partial charge in [-0.25, -0.2) is 18.7 Å². The largest absolute Gasteiger partial charge is 0.356 e. The predicted octanol–water partition coefficient (Wildman–Crippen LogP) is 2.02. The summed E-state index contributed by atoms with van der Waals surface area (Å²) in [6.45, 7) is 2.52. The first-order valence-electron chi connectivity index (χ1n) is 4.99. The Bertz CT molecular complexity index is 344. The van der Waals surface area contributed by atoms with Crippen molar-refractivity contribution in [3.8, 4) is 0 Å². The van der Waals surface area contributed by atoms with Crippen molar-refractivity contribution in [2.24, 2.45) is 0 Å². The molecule has 2 rings (SSSR count). The van der Waals surface area contributed by atoms with Crippen LogP contribution in [0.4, 0.5) is 14.6 Å². The molecule has 0 atom stereocenters. The zero-order chi connectivity index (χ0) is 10.9. The van der Waals surface area contributed by atoms with Crippen molar-refractivity contribution in [1.29, 1.82) is 0 Å². The fourth-order valence-electron chi connectivity index (χ4n) is 1.68. The van der Waals surface area contributed by atoms with Crippen LogP contribution in [0, 0.1) is 6.92 Å². The van der Waals surface area contributed by atoms with Crippen LogP contribution in [0.2, 0.25) is 0 Å². The molecular formula is C10H13F2N3. The third-order valence-electron chi connectivity index (χ3n) is 2.58. The molecule has 1 aromatic heterocycles. The van der Waals surface area contributed by atoms with E-state index in [9.17, 15) is 8.78 Å². The summed E-state index contributed by atoms with van der Waals surface area (Å²) in [4.78, 5) is 10.1. The van der Waals surface area contributed by atoms with Crippen molar-refractivity contribution in [2.45, 2.75) is 25.7 Å². The summed E-state index contributed by atoms with van der Waals surface area (Å²) in [7, 11) is 0. The molecule has 0 aromatic carbocycles. The number of hydrogen-bond acceptors (Lipinski definition) is 3. The number of alkyl halides is 2. The van der Waals surface area contributed by atoms with E-state index in [0.29, 0.717) is 18.9 Å². The van der Waals surface area contributed by atoms with Gasteiger partial charge in [0, 0.05) is 32.1 Å². The van der Waals surface area contributed by atoms with E-state index in [1.165, 1.54) is 0 Å². The van der Waals surface area contributed by atoms with E-state index < -0.39 is 5.92 Å². The molecule has 0 unspecified atom stereocenters. The van der Waals surface area contributed by atoms with Crippen LogP contribution in [0.3, 0.4) is 0 Å². The maximum atomic E-state index is 12.9. The van der Waals surface area contributed by atoms with Crippen LogP contribution in [0.25, 0.3) is 0 Å². The minimum Gasteiger partial charge on any atom is -0.356 e. The number of aryl methyl sites for hydroxylation is 1. The highest BCUT2D eigenvalue weighted by Crippen LogP contribution is 2.29. The number of halogens is 2. The summed E-state index contributed by atoms with van der Waals surface area (Å²) in [5.41, 5.74) is 0. The zero-order valence-electron chi connectivity index (χ0n) is 8.58. The summed E-state index contributed by atoms with van der Waals surface area (Å²) in [5, 5.41) is 0. The number of anilines is 1. The lowest BCUT2D eigenvalue weighted by atomic mass is 10.1. The predicted molar refractivity (Wildman–Crippen MR) is 53.2 cm³/mol. The number of hydrogen-bond donors (Lipinski definition) is 0. The second-order valence-electron chi connectivity index (χ2n) is 3.81. The van der Waals surface area contributed by atoms with Crippen LogP contribution in [0.15, 0.2) is 12.3 Å². The van der Waals surface area contributed by atoms with Crippen LogP contribution < -0.4 is 4.90 Å². The third-order valence-corrected chi connectivity index (χ3v) is 2.58. The third kappa shape index (κ3) is 2.40. The molecule has 0 saturated carbocycles. The normalized spacial score (nSPS) is 20.3. The van der Waals surface area contributed by atoms with Gasteiger partial charge in [0.25, 0.3) is 5.92 Å². The molecule has 0 bridgehead atoms. The highest BCUT2D eigenvalue weighted by molar-refractivity contribution is 5.37. The molecule has 82 valence electrons. The smallest absolute Gasteiger partial charge is 0.251 e. The lowest BCUT2D eigenvalue weighted by molar-refractivity contribution is -0.0221. The molecule has 15 heavy (non-hydrogen) atoms. The van der Waals surface area contributed by atoms with Crippen LogP contribution in [0.5, 0.6) is 0 Å². The minimum absolute atomic E-state index is 0.0873.